The van der Waals surface area contributed by atoms with Crippen LogP contribution >= 0.6 is 0 Å². The number of pyridine rings is 1. The number of halogens is 2. The molecule has 1 unspecified atom stereocenters. The topological polar surface area (TPSA) is 86.5 Å². The van der Waals surface area contributed by atoms with Crippen molar-refractivity contribution in [2.24, 2.45) is 0 Å². The lowest BCUT2D eigenvalue weighted by Gasteiger charge is -2.25. The van der Waals surface area contributed by atoms with Crippen molar-refractivity contribution in [3.05, 3.63) is 111 Å². The molecule has 0 saturated carbocycles. The highest BCUT2D eigenvalue weighted by Crippen LogP contribution is 2.30. The number of ether oxygens (including phenoxy) is 2. The van der Waals surface area contributed by atoms with Crippen molar-refractivity contribution >= 4 is 0 Å². The largest absolute Gasteiger partial charge is 0.494 e. The van der Waals surface area contributed by atoms with E-state index in [1.165, 1.54) is 11.7 Å². The highest BCUT2D eigenvalue weighted by atomic mass is 19.1. The van der Waals surface area contributed by atoms with E-state index in [9.17, 15) is 18.7 Å². The van der Waals surface area contributed by atoms with Gasteiger partial charge in [0.1, 0.15) is 24.1 Å². The van der Waals surface area contributed by atoms with Crippen LogP contribution in [-0.2, 0) is 22.5 Å². The van der Waals surface area contributed by atoms with Gasteiger partial charge >= 0.3 is 0 Å². The van der Waals surface area contributed by atoms with Crippen LogP contribution < -0.4 is 5.56 Å². The van der Waals surface area contributed by atoms with Crippen LogP contribution in [0.25, 0.3) is 11.1 Å². The zero-order chi connectivity index (χ0) is 27.2. The minimum absolute atomic E-state index is 0.0421. The molecular formula is C29H29F2N3O4. The first kappa shape index (κ1) is 27.1. The Labute approximate surface area is 219 Å². The molecule has 1 atom stereocenters. The first-order valence-corrected chi connectivity index (χ1v) is 12.2. The normalized spacial score (nSPS) is 12.0. The molecule has 0 aliphatic heterocycles. The zero-order valence-electron chi connectivity index (χ0n) is 21.4. The number of aromatic hydroxyl groups is 1. The number of rotatable bonds is 10. The van der Waals surface area contributed by atoms with E-state index in [1.54, 1.807) is 19.3 Å². The van der Waals surface area contributed by atoms with E-state index in [4.69, 9.17) is 9.47 Å². The molecule has 198 valence electrons. The summed E-state index contributed by atoms with van der Waals surface area (Å²) in [7, 11) is 1.44. The highest BCUT2D eigenvalue weighted by molar-refractivity contribution is 5.66. The standard InChI is InChI=1S/C29H29F2N3O4/c1-4-38-17-27-33-28(35)25(11-19-5-7-20(8-6-19)24-9-10-32-15-18(24)2)29(36)34(27)26(16-37-3)21-12-22(30)14-23(31)13-21/h5-10,12-15,26,36H,4,11,16-17H2,1-3H3. The van der Waals surface area contributed by atoms with Crippen molar-refractivity contribution in [1.82, 2.24) is 14.5 Å². The second kappa shape index (κ2) is 12.1. The molecule has 38 heavy (non-hydrogen) atoms. The second-order valence-electron chi connectivity index (χ2n) is 8.88. The summed E-state index contributed by atoms with van der Waals surface area (Å²) in [6.07, 6.45) is 3.62. The fourth-order valence-corrected chi connectivity index (χ4v) is 4.43. The zero-order valence-corrected chi connectivity index (χ0v) is 21.4. The molecule has 0 aliphatic rings. The van der Waals surface area contributed by atoms with Crippen LogP contribution in [0.15, 0.2) is 65.7 Å². The van der Waals surface area contributed by atoms with Gasteiger partial charge in [0.2, 0.25) is 5.88 Å². The minimum atomic E-state index is -0.871. The Bertz CT molecular complexity index is 1450. The van der Waals surface area contributed by atoms with Crippen LogP contribution in [0.3, 0.4) is 0 Å². The van der Waals surface area contributed by atoms with Crippen LogP contribution in [0.1, 0.15) is 41.0 Å². The first-order chi connectivity index (χ1) is 18.3. The lowest BCUT2D eigenvalue weighted by atomic mass is 9.99. The Hall–Kier alpha value is -3.95. The summed E-state index contributed by atoms with van der Waals surface area (Å²) in [5.41, 5.74) is 3.51. The van der Waals surface area contributed by atoms with Crippen molar-refractivity contribution < 1.29 is 23.4 Å². The van der Waals surface area contributed by atoms with Gasteiger partial charge in [-0.05, 0) is 59.9 Å². The molecule has 0 fully saturated rings. The van der Waals surface area contributed by atoms with Gasteiger partial charge in [-0.15, -0.1) is 0 Å². The predicted octanol–water partition coefficient (Wildman–Crippen LogP) is 4.96. The summed E-state index contributed by atoms with van der Waals surface area (Å²) in [6, 6.07) is 11.8. The number of nitrogens with zero attached hydrogens (tertiary/aromatic N) is 3. The van der Waals surface area contributed by atoms with Gasteiger partial charge < -0.3 is 14.6 Å². The summed E-state index contributed by atoms with van der Waals surface area (Å²) in [4.78, 5) is 21.4. The van der Waals surface area contributed by atoms with E-state index in [0.29, 0.717) is 6.61 Å². The quantitative estimate of drug-likeness (QED) is 0.318. The summed E-state index contributed by atoms with van der Waals surface area (Å²) in [6.45, 7) is 3.97. The van der Waals surface area contributed by atoms with Crippen molar-refractivity contribution in [3.63, 3.8) is 0 Å². The molecular weight excluding hydrogens is 492 g/mol. The Kier molecular flexibility index (Phi) is 8.60. The average Bonchev–Trinajstić information content (AvgIpc) is 2.89. The van der Waals surface area contributed by atoms with E-state index < -0.39 is 23.2 Å². The van der Waals surface area contributed by atoms with Crippen molar-refractivity contribution in [3.8, 4) is 17.0 Å². The molecule has 9 heteroatoms. The van der Waals surface area contributed by atoms with Crippen LogP contribution in [0.4, 0.5) is 8.78 Å². The Morgan fingerprint density at radius 3 is 2.42 bits per heavy atom. The maximum atomic E-state index is 14.1. The van der Waals surface area contributed by atoms with Crippen molar-refractivity contribution in [1.29, 1.82) is 0 Å². The maximum Gasteiger partial charge on any atom is 0.280 e. The van der Waals surface area contributed by atoms with Gasteiger partial charge in [-0.2, -0.15) is 4.98 Å². The van der Waals surface area contributed by atoms with Crippen LogP contribution in [-0.4, -0.2) is 40.0 Å². The molecule has 7 nitrogen and oxygen atoms in total. The Morgan fingerprint density at radius 2 is 1.79 bits per heavy atom. The molecule has 4 aromatic rings. The van der Waals surface area contributed by atoms with Gasteiger partial charge in [-0.25, -0.2) is 8.78 Å². The smallest absolute Gasteiger partial charge is 0.280 e. The average molecular weight is 522 g/mol. The summed E-state index contributed by atoms with van der Waals surface area (Å²) in [5, 5.41) is 11.4. The van der Waals surface area contributed by atoms with E-state index in [0.717, 1.165) is 40.5 Å². The maximum absolute atomic E-state index is 14.1. The van der Waals surface area contributed by atoms with Crippen LogP contribution in [0.5, 0.6) is 5.88 Å². The first-order valence-electron chi connectivity index (χ1n) is 12.2. The molecule has 4 rings (SSSR count). The van der Waals surface area contributed by atoms with E-state index in [2.05, 4.69) is 9.97 Å². The third-order valence-corrected chi connectivity index (χ3v) is 6.27. The van der Waals surface area contributed by atoms with Crippen LogP contribution in [0.2, 0.25) is 0 Å². The molecule has 0 saturated heterocycles. The summed E-state index contributed by atoms with van der Waals surface area (Å²) < 4.78 is 40.4. The van der Waals surface area contributed by atoms with Crippen molar-refractivity contribution in [2.75, 3.05) is 20.3 Å². The van der Waals surface area contributed by atoms with Gasteiger partial charge in [0.15, 0.2) is 0 Å². The Balaban J connectivity index is 1.78. The molecule has 0 amide bonds. The Morgan fingerprint density at radius 1 is 1.08 bits per heavy atom. The fourth-order valence-electron chi connectivity index (χ4n) is 4.43. The number of methoxy groups -OCH3 is 1. The molecule has 2 aromatic heterocycles. The molecule has 2 aromatic carbocycles. The van der Waals surface area contributed by atoms with Gasteiger partial charge in [0.25, 0.3) is 5.56 Å². The minimum Gasteiger partial charge on any atom is -0.494 e. The molecule has 0 aliphatic carbocycles. The second-order valence-corrected chi connectivity index (χ2v) is 8.88. The molecule has 1 N–H and O–H groups in total. The third kappa shape index (κ3) is 5.95. The number of aromatic nitrogens is 3. The van der Waals surface area contributed by atoms with Gasteiger partial charge in [0.05, 0.1) is 18.2 Å². The van der Waals surface area contributed by atoms with E-state index in [1.807, 2.05) is 37.3 Å². The number of benzene rings is 2. The summed E-state index contributed by atoms with van der Waals surface area (Å²) in [5.74, 6) is -1.79. The molecule has 0 spiro atoms. The SMILES string of the molecule is CCOCc1nc(=O)c(Cc2ccc(-c3ccncc3C)cc2)c(O)n1C(COC)c1cc(F)cc(F)c1. The van der Waals surface area contributed by atoms with E-state index >= 15 is 0 Å². The van der Waals surface area contributed by atoms with E-state index in [-0.39, 0.29) is 42.5 Å². The monoisotopic (exact) mass is 521 g/mol. The van der Waals surface area contributed by atoms with Crippen molar-refractivity contribution in [2.45, 2.75) is 32.9 Å². The van der Waals surface area contributed by atoms with Gasteiger partial charge in [-0.1, -0.05) is 24.3 Å². The highest BCUT2D eigenvalue weighted by Gasteiger charge is 2.25. The molecule has 0 bridgehead atoms. The van der Waals surface area contributed by atoms with Gasteiger partial charge in [-0.3, -0.25) is 14.3 Å². The lowest BCUT2D eigenvalue weighted by Crippen LogP contribution is -2.28. The number of aryl methyl sites for hydroxylation is 1. The molecule has 2 heterocycles. The lowest BCUT2D eigenvalue weighted by molar-refractivity contribution is 0.115. The number of hydrogen-bond acceptors (Lipinski definition) is 6. The van der Waals surface area contributed by atoms with Gasteiger partial charge in [0, 0.05) is 38.6 Å². The third-order valence-electron chi connectivity index (χ3n) is 6.27. The van der Waals surface area contributed by atoms with Crippen LogP contribution in [0, 0.1) is 18.6 Å². The fraction of sp³-hybridized carbons (Fsp3) is 0.276. The molecule has 0 radical (unpaired) electrons. The summed E-state index contributed by atoms with van der Waals surface area (Å²) >= 11 is 0. The number of hydrogen-bond donors (Lipinski definition) is 1. The predicted molar refractivity (Wildman–Crippen MR) is 139 cm³/mol.